The highest BCUT2D eigenvalue weighted by molar-refractivity contribution is 6.02. The number of likely N-dealkylation sites (tertiary alicyclic amines) is 1. The Hall–Kier alpha value is -1.68. The molecule has 1 aromatic rings. The van der Waals surface area contributed by atoms with E-state index < -0.39 is 0 Å². The van der Waals surface area contributed by atoms with Crippen LogP contribution in [0.5, 0.6) is 0 Å². The summed E-state index contributed by atoms with van der Waals surface area (Å²) in [5.74, 6) is 0.244. The van der Waals surface area contributed by atoms with E-state index in [4.69, 9.17) is 0 Å². The van der Waals surface area contributed by atoms with Crippen molar-refractivity contribution in [1.29, 1.82) is 0 Å². The van der Waals surface area contributed by atoms with Crippen LogP contribution in [0.2, 0.25) is 0 Å². The third-order valence-corrected chi connectivity index (χ3v) is 3.73. The van der Waals surface area contributed by atoms with Crippen LogP contribution >= 0.6 is 0 Å². The first-order valence-corrected chi connectivity index (χ1v) is 7.81. The quantitative estimate of drug-likeness (QED) is 0.668. The van der Waals surface area contributed by atoms with Gasteiger partial charge in [0.25, 0.3) is 5.91 Å². The lowest BCUT2D eigenvalue weighted by Gasteiger charge is -2.25. The number of nitrogens with zero attached hydrogens (tertiary/aromatic N) is 2. The first kappa shape index (κ1) is 15.7. The molecule has 1 amide bonds. The van der Waals surface area contributed by atoms with Crippen molar-refractivity contribution in [1.82, 2.24) is 10.3 Å². The molecule has 0 aliphatic carbocycles. The molecule has 2 rings (SSSR count). The minimum Gasteiger partial charge on any atom is -0.294 e. The van der Waals surface area contributed by atoms with E-state index in [9.17, 15) is 4.79 Å². The normalized spacial score (nSPS) is 17.0. The van der Waals surface area contributed by atoms with Crippen LogP contribution in [0, 0.1) is 5.92 Å². The van der Waals surface area contributed by atoms with Gasteiger partial charge >= 0.3 is 0 Å². The molecule has 1 aliphatic rings. The van der Waals surface area contributed by atoms with Gasteiger partial charge in [-0.2, -0.15) is 5.10 Å². The predicted molar refractivity (Wildman–Crippen MR) is 86.3 cm³/mol. The minimum absolute atomic E-state index is 0.0222. The molecule has 0 atom stereocenters. The highest BCUT2D eigenvalue weighted by Crippen LogP contribution is 2.09. The van der Waals surface area contributed by atoms with E-state index in [1.165, 1.54) is 19.3 Å². The first-order chi connectivity index (χ1) is 10.2. The maximum Gasteiger partial charge on any atom is 0.254 e. The Morgan fingerprint density at radius 3 is 2.48 bits per heavy atom. The van der Waals surface area contributed by atoms with Crippen LogP contribution in [0.25, 0.3) is 0 Å². The summed E-state index contributed by atoms with van der Waals surface area (Å²) in [5.41, 5.74) is 4.70. The summed E-state index contributed by atoms with van der Waals surface area (Å²) in [6, 6.07) is 10.0. The number of nitrogens with one attached hydrogen (secondary N) is 1. The van der Waals surface area contributed by atoms with Crippen LogP contribution in [0.15, 0.2) is 35.4 Å². The molecule has 4 nitrogen and oxygen atoms in total. The van der Waals surface area contributed by atoms with Crippen LogP contribution in [0.4, 0.5) is 0 Å². The number of rotatable bonds is 5. The van der Waals surface area contributed by atoms with Gasteiger partial charge < -0.3 is 0 Å². The van der Waals surface area contributed by atoms with Gasteiger partial charge in [-0.3, -0.25) is 9.69 Å². The topological polar surface area (TPSA) is 44.7 Å². The zero-order valence-electron chi connectivity index (χ0n) is 13.0. The van der Waals surface area contributed by atoms with Crippen LogP contribution in [0.1, 0.15) is 38.7 Å². The van der Waals surface area contributed by atoms with Crippen molar-refractivity contribution in [2.75, 3.05) is 19.6 Å². The number of hydrazone groups is 1. The van der Waals surface area contributed by atoms with Crippen molar-refractivity contribution < 1.29 is 4.79 Å². The molecule has 1 saturated heterocycles. The SMILES string of the molecule is CC(C)C(=NNC(=O)CN1CCCCC1)c1ccccc1. The summed E-state index contributed by atoms with van der Waals surface area (Å²) in [5, 5.41) is 4.35. The Bertz CT molecular complexity index is 476. The second-order valence-electron chi connectivity index (χ2n) is 5.89. The van der Waals surface area contributed by atoms with Gasteiger partial charge in [-0.15, -0.1) is 0 Å². The highest BCUT2D eigenvalue weighted by atomic mass is 16.2. The number of benzene rings is 1. The Balaban J connectivity index is 1.94. The number of hydrogen-bond donors (Lipinski definition) is 1. The molecule has 1 fully saturated rings. The van der Waals surface area contributed by atoms with Gasteiger partial charge in [0.05, 0.1) is 12.3 Å². The molecule has 1 N–H and O–H groups in total. The largest absolute Gasteiger partial charge is 0.294 e. The van der Waals surface area contributed by atoms with Gasteiger partial charge in [0.2, 0.25) is 0 Å². The lowest BCUT2D eigenvalue weighted by atomic mass is 10.0. The van der Waals surface area contributed by atoms with Gasteiger partial charge in [-0.05, 0) is 37.4 Å². The summed E-state index contributed by atoms with van der Waals surface area (Å²) >= 11 is 0. The Morgan fingerprint density at radius 1 is 1.19 bits per heavy atom. The van der Waals surface area contributed by atoms with Crippen LogP contribution < -0.4 is 5.43 Å². The van der Waals surface area contributed by atoms with E-state index in [2.05, 4.69) is 29.3 Å². The number of amides is 1. The lowest BCUT2D eigenvalue weighted by Crippen LogP contribution is -2.38. The van der Waals surface area contributed by atoms with E-state index in [0.29, 0.717) is 6.54 Å². The second kappa shape index (κ2) is 7.93. The fourth-order valence-corrected chi connectivity index (χ4v) is 2.61. The Labute approximate surface area is 127 Å². The second-order valence-corrected chi connectivity index (χ2v) is 5.89. The zero-order valence-corrected chi connectivity index (χ0v) is 13.0. The van der Waals surface area contributed by atoms with Gasteiger partial charge in [-0.25, -0.2) is 5.43 Å². The summed E-state index contributed by atoms with van der Waals surface area (Å²) in [4.78, 5) is 14.2. The van der Waals surface area contributed by atoms with E-state index in [0.717, 1.165) is 24.4 Å². The molecule has 1 aliphatic heterocycles. The third kappa shape index (κ3) is 4.97. The van der Waals surface area contributed by atoms with Crippen LogP contribution in [-0.4, -0.2) is 36.2 Å². The molecule has 0 unspecified atom stereocenters. The number of hydrogen-bond acceptors (Lipinski definition) is 3. The van der Waals surface area contributed by atoms with Crippen molar-refractivity contribution in [3.8, 4) is 0 Å². The maximum absolute atomic E-state index is 12.0. The molecule has 1 aromatic carbocycles. The highest BCUT2D eigenvalue weighted by Gasteiger charge is 2.14. The number of carbonyl (C=O) groups excluding carboxylic acids is 1. The number of piperidine rings is 1. The smallest absolute Gasteiger partial charge is 0.254 e. The van der Waals surface area contributed by atoms with Crippen molar-refractivity contribution in [3.05, 3.63) is 35.9 Å². The molecule has 0 spiro atoms. The zero-order chi connectivity index (χ0) is 15.1. The average Bonchev–Trinajstić information content (AvgIpc) is 2.49. The van der Waals surface area contributed by atoms with Crippen LogP contribution in [-0.2, 0) is 4.79 Å². The summed E-state index contributed by atoms with van der Waals surface area (Å²) < 4.78 is 0. The fraction of sp³-hybridized carbons (Fsp3) is 0.529. The molecular weight excluding hydrogens is 262 g/mol. The van der Waals surface area contributed by atoms with E-state index in [1.54, 1.807) is 0 Å². The van der Waals surface area contributed by atoms with E-state index in [-0.39, 0.29) is 11.8 Å². The molecule has 0 radical (unpaired) electrons. The van der Waals surface area contributed by atoms with E-state index in [1.807, 2.05) is 30.3 Å². The number of carbonyl (C=O) groups is 1. The predicted octanol–water partition coefficient (Wildman–Crippen LogP) is 2.65. The standard InChI is InChI=1S/C17H25N3O/c1-14(2)17(15-9-5-3-6-10-15)19-18-16(21)13-20-11-7-4-8-12-20/h3,5-6,9-10,14H,4,7-8,11-13H2,1-2H3,(H,18,21). The van der Waals surface area contributed by atoms with Gasteiger partial charge in [0.15, 0.2) is 0 Å². The molecule has 1 heterocycles. The first-order valence-electron chi connectivity index (χ1n) is 7.81. The minimum atomic E-state index is -0.0222. The molecule has 4 heteroatoms. The average molecular weight is 287 g/mol. The van der Waals surface area contributed by atoms with Crippen molar-refractivity contribution in [2.45, 2.75) is 33.1 Å². The molecule has 0 aromatic heterocycles. The van der Waals surface area contributed by atoms with Crippen molar-refractivity contribution in [3.63, 3.8) is 0 Å². The summed E-state index contributed by atoms with van der Waals surface area (Å²) in [7, 11) is 0. The lowest BCUT2D eigenvalue weighted by molar-refractivity contribution is -0.122. The van der Waals surface area contributed by atoms with Gasteiger partial charge in [-0.1, -0.05) is 50.6 Å². The summed E-state index contributed by atoms with van der Waals surface area (Å²) in [6.07, 6.45) is 3.66. The Morgan fingerprint density at radius 2 is 1.86 bits per heavy atom. The molecular formula is C17H25N3O. The molecule has 21 heavy (non-hydrogen) atoms. The molecule has 0 saturated carbocycles. The van der Waals surface area contributed by atoms with Gasteiger partial charge in [0.1, 0.15) is 0 Å². The maximum atomic E-state index is 12.0. The van der Waals surface area contributed by atoms with Crippen LogP contribution in [0.3, 0.4) is 0 Å². The van der Waals surface area contributed by atoms with Crippen molar-refractivity contribution >= 4 is 11.6 Å². The van der Waals surface area contributed by atoms with Gasteiger partial charge in [0, 0.05) is 0 Å². The third-order valence-electron chi connectivity index (χ3n) is 3.73. The van der Waals surface area contributed by atoms with Crippen molar-refractivity contribution in [2.24, 2.45) is 11.0 Å². The molecule has 0 bridgehead atoms. The Kier molecular flexibility index (Phi) is 5.93. The fourth-order valence-electron chi connectivity index (χ4n) is 2.61. The molecule has 114 valence electrons. The monoisotopic (exact) mass is 287 g/mol. The van der Waals surface area contributed by atoms with E-state index >= 15 is 0 Å². The summed E-state index contributed by atoms with van der Waals surface area (Å²) in [6.45, 7) is 6.66.